The standard InChI is InChI=1S/C24H20S2/c1-25-22-15-5-3-11-18(22)20-13-7-9-17-10-8-14-21(24(17)20)19-12-4-6-16-23(19)26-2/h3-16H,1-2H3. The number of thioether (sulfide) groups is 2. The molecule has 0 amide bonds. The second-order valence-electron chi connectivity index (χ2n) is 6.11. The fraction of sp³-hybridized carbons (Fsp3) is 0.0833. The maximum Gasteiger partial charge on any atom is 0.0148 e. The third-order valence-corrected chi connectivity index (χ3v) is 6.29. The molecule has 4 aromatic rings. The monoisotopic (exact) mass is 372 g/mol. The Kier molecular flexibility index (Phi) is 5.05. The van der Waals surface area contributed by atoms with Gasteiger partial charge in [-0.1, -0.05) is 72.8 Å². The normalized spacial score (nSPS) is 11.0. The molecule has 0 saturated carbocycles. The fourth-order valence-corrected chi connectivity index (χ4v) is 4.75. The summed E-state index contributed by atoms with van der Waals surface area (Å²) in [4.78, 5) is 2.63. The Morgan fingerprint density at radius 1 is 0.462 bits per heavy atom. The minimum absolute atomic E-state index is 1.28. The highest BCUT2D eigenvalue weighted by Crippen LogP contribution is 2.41. The lowest BCUT2D eigenvalue weighted by Gasteiger charge is -2.16. The van der Waals surface area contributed by atoms with Crippen LogP contribution < -0.4 is 0 Å². The lowest BCUT2D eigenvalue weighted by Crippen LogP contribution is -1.89. The van der Waals surface area contributed by atoms with Crippen molar-refractivity contribution in [3.8, 4) is 22.3 Å². The van der Waals surface area contributed by atoms with Crippen LogP contribution in [0.1, 0.15) is 0 Å². The molecule has 0 aliphatic rings. The van der Waals surface area contributed by atoms with Crippen LogP contribution in [0.4, 0.5) is 0 Å². The van der Waals surface area contributed by atoms with E-state index in [1.54, 1.807) is 23.5 Å². The molecule has 0 unspecified atom stereocenters. The van der Waals surface area contributed by atoms with Gasteiger partial charge in [-0.15, -0.1) is 23.5 Å². The van der Waals surface area contributed by atoms with Crippen molar-refractivity contribution >= 4 is 34.3 Å². The molecule has 128 valence electrons. The molecule has 0 saturated heterocycles. The predicted molar refractivity (Wildman–Crippen MR) is 118 cm³/mol. The summed E-state index contributed by atoms with van der Waals surface area (Å²) < 4.78 is 0. The minimum atomic E-state index is 1.28. The number of fused-ring (bicyclic) bond motifs is 1. The van der Waals surface area contributed by atoms with E-state index < -0.39 is 0 Å². The third-order valence-electron chi connectivity index (χ3n) is 4.70. The van der Waals surface area contributed by atoms with Gasteiger partial charge < -0.3 is 0 Å². The number of benzene rings is 4. The summed E-state index contributed by atoms with van der Waals surface area (Å²) in [6.07, 6.45) is 4.29. The van der Waals surface area contributed by atoms with Gasteiger partial charge in [0, 0.05) is 9.79 Å². The van der Waals surface area contributed by atoms with Gasteiger partial charge in [-0.3, -0.25) is 0 Å². The van der Waals surface area contributed by atoms with Gasteiger partial charge in [-0.05, 0) is 57.7 Å². The third kappa shape index (κ3) is 3.04. The van der Waals surface area contributed by atoms with Gasteiger partial charge >= 0.3 is 0 Å². The van der Waals surface area contributed by atoms with Crippen molar-refractivity contribution in [2.24, 2.45) is 0 Å². The van der Waals surface area contributed by atoms with Crippen LogP contribution in [0.2, 0.25) is 0 Å². The minimum Gasteiger partial charge on any atom is -0.129 e. The van der Waals surface area contributed by atoms with Crippen molar-refractivity contribution in [1.82, 2.24) is 0 Å². The van der Waals surface area contributed by atoms with E-state index in [-0.39, 0.29) is 0 Å². The Labute approximate surface area is 163 Å². The molecule has 0 fully saturated rings. The smallest absolute Gasteiger partial charge is 0.0148 e. The molecule has 0 spiro atoms. The summed E-state index contributed by atoms with van der Waals surface area (Å²) in [5, 5.41) is 2.62. The van der Waals surface area contributed by atoms with E-state index in [4.69, 9.17) is 0 Å². The highest BCUT2D eigenvalue weighted by molar-refractivity contribution is 7.99. The molecule has 0 N–H and O–H groups in total. The zero-order valence-corrected chi connectivity index (χ0v) is 16.5. The van der Waals surface area contributed by atoms with Gasteiger partial charge in [-0.2, -0.15) is 0 Å². The summed E-state index contributed by atoms with van der Waals surface area (Å²) in [6.45, 7) is 0. The van der Waals surface area contributed by atoms with Crippen molar-refractivity contribution in [1.29, 1.82) is 0 Å². The highest BCUT2D eigenvalue weighted by atomic mass is 32.2. The first-order valence-electron chi connectivity index (χ1n) is 8.62. The van der Waals surface area contributed by atoms with Crippen LogP contribution in [-0.4, -0.2) is 12.5 Å². The molecule has 26 heavy (non-hydrogen) atoms. The summed E-state index contributed by atoms with van der Waals surface area (Å²) >= 11 is 3.61. The molecular formula is C24H20S2. The first kappa shape index (κ1) is 17.3. The van der Waals surface area contributed by atoms with Crippen LogP contribution in [0.5, 0.6) is 0 Å². The molecule has 2 heteroatoms. The van der Waals surface area contributed by atoms with E-state index in [9.17, 15) is 0 Å². The van der Waals surface area contributed by atoms with E-state index in [1.807, 2.05) is 0 Å². The van der Waals surface area contributed by atoms with Crippen molar-refractivity contribution in [3.63, 3.8) is 0 Å². The Bertz CT molecular complexity index is 984. The predicted octanol–water partition coefficient (Wildman–Crippen LogP) is 7.62. The van der Waals surface area contributed by atoms with E-state index in [1.165, 1.54) is 42.8 Å². The zero-order valence-electron chi connectivity index (χ0n) is 14.9. The quantitative estimate of drug-likeness (QED) is 0.338. The maximum absolute atomic E-state index is 2.25. The van der Waals surface area contributed by atoms with Crippen LogP contribution in [0, 0.1) is 0 Å². The highest BCUT2D eigenvalue weighted by Gasteiger charge is 2.13. The van der Waals surface area contributed by atoms with Crippen molar-refractivity contribution in [2.75, 3.05) is 12.5 Å². The lowest BCUT2D eigenvalue weighted by molar-refractivity contribution is 1.44. The Balaban J connectivity index is 2.08. The van der Waals surface area contributed by atoms with E-state index >= 15 is 0 Å². The molecule has 0 bridgehead atoms. The Morgan fingerprint density at radius 2 is 0.885 bits per heavy atom. The lowest BCUT2D eigenvalue weighted by atomic mass is 9.91. The molecule has 0 nitrogen and oxygen atoms in total. The average Bonchev–Trinajstić information content (AvgIpc) is 2.72. The van der Waals surface area contributed by atoms with Gasteiger partial charge in [0.15, 0.2) is 0 Å². The molecule has 4 aromatic carbocycles. The summed E-state index contributed by atoms with van der Waals surface area (Å²) in [5.41, 5.74) is 5.22. The van der Waals surface area contributed by atoms with Crippen LogP contribution in [-0.2, 0) is 0 Å². The van der Waals surface area contributed by atoms with Crippen LogP contribution in [0.15, 0.2) is 94.7 Å². The summed E-state index contributed by atoms with van der Waals surface area (Å²) in [7, 11) is 0. The van der Waals surface area contributed by atoms with E-state index in [0.717, 1.165) is 0 Å². The Hall–Kier alpha value is -2.16. The molecule has 0 aromatic heterocycles. The average molecular weight is 373 g/mol. The van der Waals surface area contributed by atoms with Crippen molar-refractivity contribution < 1.29 is 0 Å². The second kappa shape index (κ2) is 7.61. The molecule has 0 heterocycles. The van der Waals surface area contributed by atoms with Gasteiger partial charge in [0.05, 0.1) is 0 Å². The van der Waals surface area contributed by atoms with Gasteiger partial charge in [0.25, 0.3) is 0 Å². The van der Waals surface area contributed by atoms with Gasteiger partial charge in [0.1, 0.15) is 0 Å². The first-order chi connectivity index (χ1) is 12.8. The van der Waals surface area contributed by atoms with Crippen LogP contribution in [0.25, 0.3) is 33.0 Å². The number of hydrogen-bond acceptors (Lipinski definition) is 2. The molecule has 0 aliphatic heterocycles. The summed E-state index contributed by atoms with van der Waals surface area (Å²) in [6, 6.07) is 30.6. The largest absolute Gasteiger partial charge is 0.129 e. The van der Waals surface area contributed by atoms with Crippen molar-refractivity contribution in [3.05, 3.63) is 84.9 Å². The van der Waals surface area contributed by atoms with E-state index in [2.05, 4.69) is 97.4 Å². The molecule has 0 atom stereocenters. The first-order valence-corrected chi connectivity index (χ1v) is 11.1. The SMILES string of the molecule is CSc1ccccc1-c1cccc2cccc(-c3ccccc3SC)c12. The fourth-order valence-electron chi connectivity index (χ4n) is 3.52. The molecule has 4 rings (SSSR count). The maximum atomic E-state index is 2.25. The van der Waals surface area contributed by atoms with Crippen molar-refractivity contribution in [2.45, 2.75) is 9.79 Å². The number of hydrogen-bond donors (Lipinski definition) is 0. The Morgan fingerprint density at radius 3 is 1.35 bits per heavy atom. The molecule has 0 radical (unpaired) electrons. The molecule has 0 aliphatic carbocycles. The van der Waals surface area contributed by atoms with E-state index in [0.29, 0.717) is 0 Å². The molecular weight excluding hydrogens is 352 g/mol. The number of rotatable bonds is 4. The zero-order chi connectivity index (χ0) is 17.9. The van der Waals surface area contributed by atoms with Gasteiger partial charge in [0.2, 0.25) is 0 Å². The topological polar surface area (TPSA) is 0 Å². The second-order valence-corrected chi connectivity index (χ2v) is 7.81. The summed E-state index contributed by atoms with van der Waals surface area (Å²) in [5.74, 6) is 0. The van der Waals surface area contributed by atoms with Crippen LogP contribution in [0.3, 0.4) is 0 Å². The van der Waals surface area contributed by atoms with Crippen LogP contribution >= 0.6 is 23.5 Å². The van der Waals surface area contributed by atoms with Gasteiger partial charge in [-0.25, -0.2) is 0 Å².